The number of aliphatic hydroxyl groups excluding tert-OH is 2. The Labute approximate surface area is 283 Å². The van der Waals surface area contributed by atoms with Crippen molar-refractivity contribution in [1.82, 2.24) is 0 Å². The average Bonchev–Trinajstić information content (AvgIpc) is 3.14. The lowest BCUT2D eigenvalue weighted by Gasteiger charge is -2.61. The summed E-state index contributed by atoms with van der Waals surface area (Å²) >= 11 is 0. The van der Waals surface area contributed by atoms with Crippen LogP contribution in [-0.4, -0.2) is 98.2 Å². The van der Waals surface area contributed by atoms with E-state index >= 15 is 0 Å². The maximum atomic E-state index is 10.9. The highest BCUT2D eigenvalue weighted by molar-refractivity contribution is 5.60. The van der Waals surface area contributed by atoms with Crippen molar-refractivity contribution < 1.29 is 86.9 Å². The van der Waals surface area contributed by atoms with Gasteiger partial charge in [0.2, 0.25) is 0 Å². The highest BCUT2D eigenvalue weighted by Gasteiger charge is 2.67. The Bertz CT molecular complexity index is 841. The molecule has 4 unspecified atom stereocenters. The minimum Gasteiger partial charge on any atom is -1.00 e. The van der Waals surface area contributed by atoms with E-state index in [9.17, 15) is 10.2 Å². The number of halogens is 2. The minimum absolute atomic E-state index is 0. The molecule has 0 spiro atoms. The summed E-state index contributed by atoms with van der Waals surface area (Å²) in [6, 6.07) is 1.25. The zero-order valence-electron chi connectivity index (χ0n) is 27.2. The number of carboxylic acid groups (broad SMARTS) is 2. The van der Waals surface area contributed by atoms with Crippen LogP contribution in [0, 0.1) is 40.4 Å². The first-order chi connectivity index (χ1) is 17.7. The Balaban J connectivity index is 0.00000142. The van der Waals surface area contributed by atoms with Gasteiger partial charge in [-0.3, -0.25) is 0 Å². The third-order valence-electron chi connectivity index (χ3n) is 11.4. The van der Waals surface area contributed by atoms with E-state index < -0.39 is 11.9 Å². The number of rotatable bonds is 4. The van der Waals surface area contributed by atoms with Crippen LogP contribution in [0.5, 0.6) is 0 Å². The molecule has 0 heterocycles. The van der Waals surface area contributed by atoms with Crippen LogP contribution in [0.3, 0.4) is 0 Å². The monoisotopic (exact) mass is 808 g/mol. The Hall–Kier alpha value is 0.240. The number of carbonyl (C=O) groups is 2. The Morgan fingerprint density at radius 1 is 0.854 bits per heavy atom. The second-order valence-electron chi connectivity index (χ2n) is 15.3. The van der Waals surface area contributed by atoms with Crippen molar-refractivity contribution in [1.29, 1.82) is 0 Å². The van der Waals surface area contributed by atoms with Crippen LogP contribution in [0.1, 0.15) is 79.1 Å². The molecule has 0 bridgehead atoms. The fraction of sp³-hybridized carbons (Fsp3) is 0.935. The van der Waals surface area contributed by atoms with E-state index in [-0.39, 0.29) is 72.0 Å². The molecular weight excluding hydrogens is 750 g/mol. The van der Waals surface area contributed by atoms with Crippen LogP contribution in [0.2, 0.25) is 0 Å². The highest BCUT2D eigenvalue weighted by Crippen LogP contribution is 2.68. The molecule has 10 heteroatoms. The molecule has 41 heavy (non-hydrogen) atoms. The van der Waals surface area contributed by atoms with E-state index in [1.807, 2.05) is 6.92 Å². The van der Waals surface area contributed by atoms with Gasteiger partial charge >= 0.3 is 0 Å². The van der Waals surface area contributed by atoms with Gasteiger partial charge in [0, 0.05) is 42.7 Å². The van der Waals surface area contributed by atoms with E-state index in [4.69, 9.17) is 19.8 Å². The first-order valence-electron chi connectivity index (χ1n) is 15.0. The number of aliphatic carboxylic acids is 2. The van der Waals surface area contributed by atoms with Crippen molar-refractivity contribution in [2.75, 3.05) is 48.9 Å². The summed E-state index contributed by atoms with van der Waals surface area (Å²) in [5.41, 5.74) is 0.402. The molecule has 4 fully saturated rings. The molecule has 10 atom stereocenters. The fourth-order valence-electron chi connectivity index (χ4n) is 9.70. The lowest BCUT2D eigenvalue weighted by molar-refractivity contribution is -0.900. The molecule has 8 nitrogen and oxygen atoms in total. The quantitative estimate of drug-likeness (QED) is 0.218. The highest BCUT2D eigenvalue weighted by atomic mass is 127. The molecule has 4 rings (SSSR count). The molecule has 0 aromatic rings. The predicted molar refractivity (Wildman–Crippen MR) is 149 cm³/mol. The standard InChI is InChI=1S/C27H52N2O2.2C2H4O2.2HI/c1-18(31)25-24(29(6,7)8)16-23-21-10-9-19-15-20(28(3,4)5)11-13-26(19,2)22(21)12-14-27(23,25)17-30;2*1-2(3)4;;/h18-25,30-31H,9-17H2,1-8H3;2*1H3,(H,3,4);2*1H/q+2;;;;/p-4/t18?,19?,20?,21-,22+,23+,24?,25+,26+,27-;;;;/m1..../s1. The summed E-state index contributed by atoms with van der Waals surface area (Å²) in [6.07, 6.45) is 10.1. The topological polar surface area (TPSA) is 121 Å². The van der Waals surface area contributed by atoms with E-state index in [0.717, 1.165) is 53.0 Å². The number of aliphatic hydroxyl groups is 2. The third kappa shape index (κ3) is 9.14. The Kier molecular flexibility index (Phi) is 15.6. The smallest absolute Gasteiger partial charge is 0.0946 e. The van der Waals surface area contributed by atoms with Gasteiger partial charge in [-0.15, -0.1) is 0 Å². The molecule has 0 radical (unpaired) electrons. The van der Waals surface area contributed by atoms with Gasteiger partial charge in [0.05, 0.1) is 60.5 Å². The van der Waals surface area contributed by atoms with Gasteiger partial charge < -0.3 is 86.9 Å². The van der Waals surface area contributed by atoms with Gasteiger partial charge in [-0.1, -0.05) is 6.92 Å². The molecule has 4 saturated carbocycles. The van der Waals surface area contributed by atoms with E-state index in [0.29, 0.717) is 17.4 Å². The number of hydrogen-bond acceptors (Lipinski definition) is 6. The number of fused-ring (bicyclic) bond motifs is 5. The molecule has 0 amide bonds. The number of quaternary nitrogens is 2. The predicted octanol–water partition coefficient (Wildman–Crippen LogP) is -4.72. The molecule has 4 aliphatic rings. The van der Waals surface area contributed by atoms with Crippen LogP contribution in [0.15, 0.2) is 0 Å². The summed E-state index contributed by atoms with van der Waals surface area (Å²) in [4.78, 5) is 17.8. The SMILES string of the molecule is CC(=O)[O-].CC(=O)[O-].CC(O)[C@H]1C([N+](C)(C)C)C[C@H]2[C@@H]3CCC4CC([N+](C)(C)C)CC[C@]4(C)[C@H]3CC[C@]12CO.[I-].[I-]. The third-order valence-corrected chi connectivity index (χ3v) is 11.4. The van der Waals surface area contributed by atoms with Gasteiger partial charge in [-0.2, -0.15) is 0 Å². The van der Waals surface area contributed by atoms with E-state index in [1.54, 1.807) is 0 Å². The summed E-state index contributed by atoms with van der Waals surface area (Å²) in [5.74, 6) is 1.04. The average molecular weight is 809 g/mol. The summed E-state index contributed by atoms with van der Waals surface area (Å²) in [7, 11) is 14.0. The minimum atomic E-state index is -1.08. The molecule has 4 aliphatic carbocycles. The largest absolute Gasteiger partial charge is 1.00 e. The van der Waals surface area contributed by atoms with Crippen LogP contribution in [0.25, 0.3) is 0 Å². The van der Waals surface area contributed by atoms with Crippen molar-refractivity contribution in [3.8, 4) is 0 Å². The Morgan fingerprint density at radius 2 is 1.37 bits per heavy atom. The number of hydrogen-bond donors (Lipinski definition) is 2. The van der Waals surface area contributed by atoms with Crippen LogP contribution in [0.4, 0.5) is 0 Å². The summed E-state index contributed by atoms with van der Waals surface area (Å²) in [6.45, 7) is 6.84. The molecule has 0 aliphatic heterocycles. The maximum absolute atomic E-state index is 10.9. The second kappa shape index (κ2) is 15.5. The normalized spacial score (nSPS) is 38.4. The van der Waals surface area contributed by atoms with E-state index in [2.05, 4.69) is 49.2 Å². The molecular formula is C31H58I2N2O6-2. The molecule has 2 N–H and O–H groups in total. The second-order valence-corrected chi connectivity index (χ2v) is 15.3. The first kappa shape index (κ1) is 41.2. The Morgan fingerprint density at radius 3 is 1.78 bits per heavy atom. The maximum Gasteiger partial charge on any atom is 0.0946 e. The lowest BCUT2D eigenvalue weighted by Crippen LogP contribution is -3.00. The summed E-state index contributed by atoms with van der Waals surface area (Å²) in [5, 5.41) is 39.6. The zero-order chi connectivity index (χ0) is 30.1. The van der Waals surface area contributed by atoms with Crippen molar-refractivity contribution in [3.63, 3.8) is 0 Å². The lowest BCUT2D eigenvalue weighted by atomic mass is 9.44. The van der Waals surface area contributed by atoms with Crippen LogP contribution >= 0.6 is 0 Å². The number of nitrogens with zero attached hydrogens (tertiary/aromatic N) is 2. The van der Waals surface area contributed by atoms with Gasteiger partial charge in [0.1, 0.15) is 0 Å². The molecule has 0 aromatic carbocycles. The fourth-order valence-corrected chi connectivity index (χ4v) is 9.70. The summed E-state index contributed by atoms with van der Waals surface area (Å²) < 4.78 is 2.01. The van der Waals surface area contributed by atoms with E-state index in [1.165, 1.54) is 44.9 Å². The number of carboxylic acids is 2. The van der Waals surface area contributed by atoms with Crippen molar-refractivity contribution in [3.05, 3.63) is 0 Å². The van der Waals surface area contributed by atoms with Crippen LogP contribution < -0.4 is 58.2 Å². The number of carbonyl (C=O) groups excluding carboxylic acids is 2. The first-order valence-corrected chi connectivity index (χ1v) is 15.0. The zero-order valence-corrected chi connectivity index (χ0v) is 31.5. The molecule has 0 aromatic heterocycles. The van der Waals surface area contributed by atoms with Gasteiger partial charge in [-0.25, -0.2) is 0 Å². The molecule has 244 valence electrons. The molecule has 0 saturated heterocycles. The van der Waals surface area contributed by atoms with Crippen LogP contribution in [-0.2, 0) is 9.59 Å². The van der Waals surface area contributed by atoms with Crippen molar-refractivity contribution >= 4 is 11.9 Å². The van der Waals surface area contributed by atoms with Gasteiger partial charge in [0.25, 0.3) is 0 Å². The van der Waals surface area contributed by atoms with Gasteiger partial charge in [-0.05, 0) is 88.4 Å². The van der Waals surface area contributed by atoms with Gasteiger partial charge in [0.15, 0.2) is 0 Å². The van der Waals surface area contributed by atoms with Crippen molar-refractivity contribution in [2.24, 2.45) is 40.4 Å². The van der Waals surface area contributed by atoms with Crippen molar-refractivity contribution in [2.45, 2.75) is 97.2 Å².